The first-order valence-corrected chi connectivity index (χ1v) is 6.89. The third kappa shape index (κ3) is 3.23. The maximum atomic E-state index is 11.8. The zero-order valence-electron chi connectivity index (χ0n) is 11.0. The number of nitrogens with zero attached hydrogens (tertiary/aromatic N) is 6. The van der Waals surface area contributed by atoms with Crippen LogP contribution in [0.2, 0.25) is 10.0 Å². The number of carbonyl (C=O) groups excluding carboxylic acids is 1. The highest BCUT2D eigenvalue weighted by molar-refractivity contribution is 6.35. The Morgan fingerprint density at radius 3 is 2.86 bits per heavy atom. The molecule has 112 valence electrons. The summed E-state index contributed by atoms with van der Waals surface area (Å²) >= 11 is 12.0. The molecule has 3 aromatic rings. The highest BCUT2D eigenvalue weighted by Crippen LogP contribution is 2.24. The van der Waals surface area contributed by atoms with Gasteiger partial charge in [0.25, 0.3) is 0 Å². The molecule has 10 heteroatoms. The Morgan fingerprint density at radius 2 is 2.14 bits per heavy atom. The van der Waals surface area contributed by atoms with Gasteiger partial charge in [-0.15, -0.1) is 5.10 Å². The van der Waals surface area contributed by atoms with Crippen molar-refractivity contribution in [3.8, 4) is 5.69 Å². The minimum atomic E-state index is -0.292. The van der Waals surface area contributed by atoms with E-state index in [0.29, 0.717) is 21.6 Å². The minimum absolute atomic E-state index is 0.00155. The maximum Gasteiger partial charge on any atom is 0.247 e. The summed E-state index contributed by atoms with van der Waals surface area (Å²) in [5.74, 6) is 0.101. The number of rotatable bonds is 4. The van der Waals surface area contributed by atoms with E-state index >= 15 is 0 Å². The fourth-order valence-electron chi connectivity index (χ4n) is 1.77. The Morgan fingerprint density at radius 1 is 1.27 bits per heavy atom. The summed E-state index contributed by atoms with van der Waals surface area (Å²) < 4.78 is 2.85. The predicted octanol–water partition coefficient (Wildman–Crippen LogP) is 1.80. The zero-order valence-corrected chi connectivity index (χ0v) is 12.5. The third-order valence-corrected chi connectivity index (χ3v) is 3.25. The average Bonchev–Trinajstić information content (AvgIpc) is 3.10. The predicted molar refractivity (Wildman–Crippen MR) is 80.0 cm³/mol. The van der Waals surface area contributed by atoms with Crippen molar-refractivity contribution in [2.24, 2.45) is 0 Å². The second-order valence-electron chi connectivity index (χ2n) is 4.30. The second-order valence-corrected chi connectivity index (χ2v) is 5.14. The molecule has 1 N–H and O–H groups in total. The van der Waals surface area contributed by atoms with Gasteiger partial charge >= 0.3 is 0 Å². The molecule has 0 saturated carbocycles. The molecule has 22 heavy (non-hydrogen) atoms. The molecule has 0 aliphatic heterocycles. The number of hydrogen-bond donors (Lipinski definition) is 1. The molecule has 3 rings (SSSR count). The van der Waals surface area contributed by atoms with Gasteiger partial charge in [0, 0.05) is 17.3 Å². The molecular formula is C12H9Cl2N7O. The largest absolute Gasteiger partial charge is 0.308 e. The van der Waals surface area contributed by atoms with Crippen LogP contribution in [-0.2, 0) is 11.3 Å². The number of benzene rings is 1. The van der Waals surface area contributed by atoms with E-state index in [9.17, 15) is 4.79 Å². The summed E-state index contributed by atoms with van der Waals surface area (Å²) in [5.41, 5.74) is 0.659. The van der Waals surface area contributed by atoms with E-state index in [1.807, 2.05) is 0 Å². The fraction of sp³-hybridized carbons (Fsp3) is 0.0833. The van der Waals surface area contributed by atoms with Gasteiger partial charge < -0.3 is 5.32 Å². The number of tetrazole rings is 1. The van der Waals surface area contributed by atoms with Gasteiger partial charge in [-0.25, -0.2) is 9.36 Å². The monoisotopic (exact) mass is 337 g/mol. The number of nitrogens with one attached hydrogen (secondary N) is 1. The molecule has 0 radical (unpaired) electrons. The van der Waals surface area contributed by atoms with Gasteiger partial charge in [0.15, 0.2) is 5.82 Å². The molecule has 1 aromatic carbocycles. The topological polar surface area (TPSA) is 90.5 Å². The molecule has 0 aliphatic rings. The van der Waals surface area contributed by atoms with Crippen molar-refractivity contribution < 1.29 is 4.79 Å². The van der Waals surface area contributed by atoms with E-state index in [1.165, 1.54) is 11.0 Å². The zero-order chi connectivity index (χ0) is 15.5. The lowest BCUT2D eigenvalue weighted by molar-refractivity contribution is -0.117. The molecule has 0 fully saturated rings. The summed E-state index contributed by atoms with van der Waals surface area (Å²) in [4.78, 5) is 11.8. The van der Waals surface area contributed by atoms with Crippen molar-refractivity contribution in [1.29, 1.82) is 0 Å². The lowest BCUT2D eigenvalue weighted by atomic mass is 10.3. The van der Waals surface area contributed by atoms with E-state index in [4.69, 9.17) is 23.2 Å². The maximum absolute atomic E-state index is 11.8. The van der Waals surface area contributed by atoms with Gasteiger partial charge in [0.05, 0.1) is 10.7 Å². The van der Waals surface area contributed by atoms with E-state index in [2.05, 4.69) is 25.9 Å². The molecule has 2 heterocycles. The summed E-state index contributed by atoms with van der Waals surface area (Å²) in [6, 6.07) is 6.73. The average molecular weight is 338 g/mol. The number of halogens is 2. The van der Waals surface area contributed by atoms with Crippen LogP contribution in [0.3, 0.4) is 0 Å². The number of aromatic nitrogens is 6. The van der Waals surface area contributed by atoms with E-state index in [0.717, 1.165) is 0 Å². The van der Waals surface area contributed by atoms with Gasteiger partial charge in [-0.1, -0.05) is 23.2 Å². The standard InChI is InChI=1S/C12H9Cl2N7O/c13-8-1-2-10(9(14)5-8)21-4-3-11(17-21)16-12(22)6-20-7-15-18-19-20/h1-5,7H,6H2,(H,16,17,22). The van der Waals surface area contributed by atoms with E-state index in [-0.39, 0.29) is 12.5 Å². The van der Waals surface area contributed by atoms with Crippen molar-refractivity contribution in [3.63, 3.8) is 0 Å². The van der Waals surface area contributed by atoms with E-state index in [1.54, 1.807) is 35.1 Å². The smallest absolute Gasteiger partial charge is 0.247 e. The molecule has 0 saturated heterocycles. The summed E-state index contributed by atoms with van der Waals surface area (Å²) in [6.07, 6.45) is 3.04. The van der Waals surface area contributed by atoms with Gasteiger partial charge in [-0.2, -0.15) is 5.10 Å². The number of carbonyl (C=O) groups is 1. The van der Waals surface area contributed by atoms with Crippen LogP contribution in [0.1, 0.15) is 0 Å². The van der Waals surface area contributed by atoms with Gasteiger partial charge in [0.1, 0.15) is 12.9 Å². The normalized spacial score (nSPS) is 10.6. The third-order valence-electron chi connectivity index (χ3n) is 2.71. The first-order chi connectivity index (χ1) is 10.6. The molecule has 0 spiro atoms. The molecule has 0 atom stereocenters. The molecular weight excluding hydrogens is 329 g/mol. The second kappa shape index (κ2) is 6.12. The lowest BCUT2D eigenvalue weighted by Crippen LogP contribution is -2.19. The highest BCUT2D eigenvalue weighted by Gasteiger charge is 2.09. The lowest BCUT2D eigenvalue weighted by Gasteiger charge is -2.05. The van der Waals surface area contributed by atoms with Crippen LogP contribution in [0.4, 0.5) is 5.82 Å². The molecule has 0 bridgehead atoms. The Bertz CT molecular complexity index is 800. The molecule has 1 amide bonds. The van der Waals surface area contributed by atoms with Crippen LogP contribution < -0.4 is 5.32 Å². The summed E-state index contributed by atoms with van der Waals surface area (Å²) in [7, 11) is 0. The number of amides is 1. The van der Waals surface area contributed by atoms with Crippen LogP contribution in [0.15, 0.2) is 36.8 Å². The molecule has 2 aromatic heterocycles. The first kappa shape index (κ1) is 14.5. The number of anilines is 1. The van der Waals surface area contributed by atoms with Crippen molar-refractivity contribution in [3.05, 3.63) is 46.8 Å². The Balaban J connectivity index is 1.72. The Kier molecular flexibility index (Phi) is 4.03. The van der Waals surface area contributed by atoms with Crippen LogP contribution in [0.5, 0.6) is 0 Å². The quantitative estimate of drug-likeness (QED) is 0.783. The molecule has 0 aliphatic carbocycles. The fourth-order valence-corrected chi connectivity index (χ4v) is 2.27. The SMILES string of the molecule is O=C(Cn1cnnn1)Nc1ccn(-c2ccc(Cl)cc2Cl)n1. The minimum Gasteiger partial charge on any atom is -0.308 e. The summed E-state index contributed by atoms with van der Waals surface area (Å²) in [5, 5.41) is 18.4. The van der Waals surface area contributed by atoms with Crippen LogP contribution >= 0.6 is 23.2 Å². The Labute approximate surface area is 134 Å². The van der Waals surface area contributed by atoms with Crippen LogP contribution in [-0.4, -0.2) is 35.9 Å². The van der Waals surface area contributed by atoms with Gasteiger partial charge in [0.2, 0.25) is 5.91 Å². The van der Waals surface area contributed by atoms with Crippen molar-refractivity contribution in [2.75, 3.05) is 5.32 Å². The molecule has 0 unspecified atom stereocenters. The van der Waals surface area contributed by atoms with E-state index < -0.39 is 0 Å². The van der Waals surface area contributed by atoms with Gasteiger partial charge in [-0.05, 0) is 28.6 Å². The van der Waals surface area contributed by atoms with Crippen molar-refractivity contribution >= 4 is 34.9 Å². The van der Waals surface area contributed by atoms with Gasteiger partial charge in [-0.3, -0.25) is 4.79 Å². The van der Waals surface area contributed by atoms with Crippen molar-refractivity contribution in [2.45, 2.75) is 6.54 Å². The van der Waals surface area contributed by atoms with Crippen molar-refractivity contribution in [1.82, 2.24) is 30.0 Å². The first-order valence-electron chi connectivity index (χ1n) is 6.13. The molecule has 8 nitrogen and oxygen atoms in total. The van der Waals surface area contributed by atoms with Crippen LogP contribution in [0, 0.1) is 0 Å². The highest BCUT2D eigenvalue weighted by atomic mass is 35.5. The summed E-state index contributed by atoms with van der Waals surface area (Å²) in [6.45, 7) is 0.00155. The van der Waals surface area contributed by atoms with Crippen LogP contribution in [0.25, 0.3) is 5.69 Å². The Hall–Kier alpha value is -2.45. The number of hydrogen-bond acceptors (Lipinski definition) is 5.